The molecule has 25 heavy (non-hydrogen) atoms. The molecule has 4 nitrogen and oxygen atoms in total. The van der Waals surface area contributed by atoms with Gasteiger partial charge in [0.2, 0.25) is 11.8 Å². The van der Waals surface area contributed by atoms with Crippen LogP contribution in [0.15, 0.2) is 36.4 Å². The quantitative estimate of drug-likeness (QED) is 0.727. The Hall–Kier alpha value is -2.11. The molecule has 0 atom stereocenters. The predicted octanol–water partition coefficient (Wildman–Crippen LogP) is 5.04. The van der Waals surface area contributed by atoms with Crippen molar-refractivity contribution in [2.24, 2.45) is 5.41 Å². The summed E-state index contributed by atoms with van der Waals surface area (Å²) >= 11 is 11.7. The van der Waals surface area contributed by atoms with Crippen molar-refractivity contribution in [3.05, 3.63) is 57.8 Å². The smallest absolute Gasteiger partial charge is 0.239 e. The average Bonchev–Trinajstić information content (AvgIpc) is 2.54. The molecule has 2 amide bonds. The fraction of sp³-hybridized carbons (Fsp3) is 0.222. The first-order valence-corrected chi connectivity index (χ1v) is 8.21. The molecule has 0 aliphatic carbocycles. The lowest BCUT2D eigenvalue weighted by molar-refractivity contribution is -0.135. The SMILES string of the molecule is Cc1ccc(NC(=O)C(C)(C)C(=O)Nc2ccc(F)c(Cl)c2)cc1Cl. The van der Waals surface area contributed by atoms with Gasteiger partial charge in [0.05, 0.1) is 5.02 Å². The van der Waals surface area contributed by atoms with E-state index >= 15 is 0 Å². The molecule has 2 rings (SSSR count). The van der Waals surface area contributed by atoms with E-state index in [1.807, 2.05) is 6.92 Å². The molecular weight excluding hydrogens is 366 g/mol. The van der Waals surface area contributed by atoms with Crippen LogP contribution < -0.4 is 10.6 Å². The number of rotatable bonds is 4. The van der Waals surface area contributed by atoms with E-state index in [0.717, 1.165) is 11.6 Å². The third kappa shape index (κ3) is 4.50. The zero-order valence-electron chi connectivity index (χ0n) is 13.9. The minimum absolute atomic E-state index is 0.116. The van der Waals surface area contributed by atoms with Crippen LogP contribution in [0.2, 0.25) is 10.0 Å². The fourth-order valence-corrected chi connectivity index (χ4v) is 2.28. The topological polar surface area (TPSA) is 58.2 Å². The Morgan fingerprint density at radius 3 is 1.88 bits per heavy atom. The Bertz CT molecular complexity index is 770. The van der Waals surface area contributed by atoms with Crippen molar-refractivity contribution in [3.8, 4) is 0 Å². The Morgan fingerprint density at radius 2 is 1.40 bits per heavy atom. The third-order valence-electron chi connectivity index (χ3n) is 3.74. The molecule has 0 saturated carbocycles. The molecule has 0 spiro atoms. The van der Waals surface area contributed by atoms with E-state index in [1.54, 1.807) is 18.2 Å². The van der Waals surface area contributed by atoms with Crippen LogP contribution in [-0.4, -0.2) is 11.8 Å². The van der Waals surface area contributed by atoms with Gasteiger partial charge in [-0.25, -0.2) is 4.39 Å². The minimum Gasteiger partial charge on any atom is -0.325 e. The highest BCUT2D eigenvalue weighted by atomic mass is 35.5. The van der Waals surface area contributed by atoms with Crippen LogP contribution in [0.1, 0.15) is 19.4 Å². The third-order valence-corrected chi connectivity index (χ3v) is 4.44. The summed E-state index contributed by atoms with van der Waals surface area (Å²) in [7, 11) is 0. The number of nitrogens with one attached hydrogen (secondary N) is 2. The van der Waals surface area contributed by atoms with Crippen LogP contribution in [0.25, 0.3) is 0 Å². The summed E-state index contributed by atoms with van der Waals surface area (Å²) in [5.41, 5.74) is 0.296. The first-order valence-electron chi connectivity index (χ1n) is 7.45. The number of hydrogen-bond donors (Lipinski definition) is 2. The summed E-state index contributed by atoms with van der Waals surface area (Å²) in [4.78, 5) is 24.9. The maximum atomic E-state index is 13.2. The second-order valence-electron chi connectivity index (χ2n) is 6.13. The maximum absolute atomic E-state index is 13.2. The van der Waals surface area contributed by atoms with Gasteiger partial charge in [0.1, 0.15) is 11.2 Å². The van der Waals surface area contributed by atoms with E-state index < -0.39 is 23.0 Å². The summed E-state index contributed by atoms with van der Waals surface area (Å²) in [6, 6.07) is 8.87. The molecule has 0 fully saturated rings. The predicted molar refractivity (Wildman–Crippen MR) is 98.6 cm³/mol. The molecule has 0 saturated heterocycles. The van der Waals surface area contributed by atoms with E-state index in [-0.39, 0.29) is 5.02 Å². The van der Waals surface area contributed by atoms with Gasteiger partial charge < -0.3 is 10.6 Å². The van der Waals surface area contributed by atoms with Crippen molar-refractivity contribution < 1.29 is 14.0 Å². The average molecular weight is 383 g/mol. The molecular formula is C18H17Cl2FN2O2. The molecule has 0 aliphatic heterocycles. The van der Waals surface area contributed by atoms with E-state index in [2.05, 4.69) is 10.6 Å². The van der Waals surface area contributed by atoms with Crippen LogP contribution in [-0.2, 0) is 9.59 Å². The molecule has 0 aliphatic rings. The largest absolute Gasteiger partial charge is 0.325 e. The van der Waals surface area contributed by atoms with Crippen molar-refractivity contribution in [1.82, 2.24) is 0 Å². The van der Waals surface area contributed by atoms with Crippen LogP contribution in [0.5, 0.6) is 0 Å². The number of carbonyl (C=O) groups excluding carboxylic acids is 2. The van der Waals surface area contributed by atoms with Gasteiger partial charge in [-0.15, -0.1) is 0 Å². The molecule has 2 N–H and O–H groups in total. The van der Waals surface area contributed by atoms with Crippen molar-refractivity contribution >= 4 is 46.4 Å². The number of hydrogen-bond acceptors (Lipinski definition) is 2. The lowest BCUT2D eigenvalue weighted by Crippen LogP contribution is -2.41. The van der Waals surface area contributed by atoms with Gasteiger partial charge in [0.25, 0.3) is 0 Å². The van der Waals surface area contributed by atoms with E-state index in [1.165, 1.54) is 26.0 Å². The molecule has 0 radical (unpaired) electrons. The molecule has 0 heterocycles. The molecule has 0 aromatic heterocycles. The highest BCUT2D eigenvalue weighted by Gasteiger charge is 2.36. The molecule has 0 bridgehead atoms. The Labute approximate surface area is 155 Å². The summed E-state index contributed by atoms with van der Waals surface area (Å²) in [5, 5.41) is 5.63. The number of amides is 2. The number of aryl methyl sites for hydroxylation is 1. The van der Waals surface area contributed by atoms with E-state index in [4.69, 9.17) is 23.2 Å². The fourth-order valence-electron chi connectivity index (χ4n) is 1.92. The molecule has 132 valence electrons. The van der Waals surface area contributed by atoms with Crippen LogP contribution in [0.4, 0.5) is 15.8 Å². The molecule has 2 aromatic rings. The van der Waals surface area contributed by atoms with Crippen molar-refractivity contribution in [2.75, 3.05) is 10.6 Å². The summed E-state index contributed by atoms with van der Waals surface area (Å²) in [5.74, 6) is -1.64. The number of anilines is 2. The highest BCUT2D eigenvalue weighted by Crippen LogP contribution is 2.25. The normalized spacial score (nSPS) is 11.1. The maximum Gasteiger partial charge on any atom is 0.239 e. The Morgan fingerprint density at radius 1 is 0.920 bits per heavy atom. The van der Waals surface area contributed by atoms with Crippen molar-refractivity contribution in [2.45, 2.75) is 20.8 Å². The highest BCUT2D eigenvalue weighted by molar-refractivity contribution is 6.32. The molecule has 7 heteroatoms. The number of carbonyl (C=O) groups is 2. The van der Waals surface area contributed by atoms with Gasteiger partial charge in [-0.3, -0.25) is 9.59 Å². The standard InChI is InChI=1S/C18H17Cl2FN2O2/c1-10-4-5-11(8-13(10)19)22-16(24)18(2,3)17(25)23-12-6-7-15(21)14(20)9-12/h4-9H,1-3H3,(H,22,24)(H,23,25). The van der Waals surface area contributed by atoms with Gasteiger partial charge in [0.15, 0.2) is 0 Å². The van der Waals surface area contributed by atoms with Gasteiger partial charge in [-0.05, 0) is 56.7 Å². The van der Waals surface area contributed by atoms with Gasteiger partial charge in [-0.2, -0.15) is 0 Å². The minimum atomic E-state index is -1.38. The van der Waals surface area contributed by atoms with Crippen molar-refractivity contribution in [3.63, 3.8) is 0 Å². The monoisotopic (exact) mass is 382 g/mol. The summed E-state index contributed by atoms with van der Waals surface area (Å²) in [6.45, 7) is 4.82. The van der Waals surface area contributed by atoms with Crippen LogP contribution in [0, 0.1) is 18.2 Å². The Balaban J connectivity index is 2.12. The Kier molecular flexibility index (Phi) is 5.70. The molecule has 0 unspecified atom stereocenters. The first-order chi connectivity index (χ1) is 11.6. The number of halogens is 3. The van der Waals surface area contributed by atoms with Gasteiger partial charge >= 0.3 is 0 Å². The van der Waals surface area contributed by atoms with Crippen molar-refractivity contribution in [1.29, 1.82) is 0 Å². The van der Waals surface area contributed by atoms with Crippen LogP contribution >= 0.6 is 23.2 Å². The first kappa shape index (κ1) is 19.2. The summed E-state index contributed by atoms with van der Waals surface area (Å²) < 4.78 is 13.2. The second kappa shape index (κ2) is 7.42. The zero-order chi connectivity index (χ0) is 18.8. The van der Waals surface area contributed by atoms with Crippen LogP contribution in [0.3, 0.4) is 0 Å². The van der Waals surface area contributed by atoms with Gasteiger partial charge in [0, 0.05) is 16.4 Å². The van der Waals surface area contributed by atoms with E-state index in [9.17, 15) is 14.0 Å². The lowest BCUT2D eigenvalue weighted by Gasteiger charge is -2.23. The zero-order valence-corrected chi connectivity index (χ0v) is 15.4. The molecule has 2 aromatic carbocycles. The van der Waals surface area contributed by atoms with E-state index in [0.29, 0.717) is 16.4 Å². The summed E-state index contributed by atoms with van der Waals surface area (Å²) in [6.07, 6.45) is 0. The number of benzene rings is 2. The second-order valence-corrected chi connectivity index (χ2v) is 6.94. The lowest BCUT2D eigenvalue weighted by atomic mass is 9.90. The van der Waals surface area contributed by atoms with Gasteiger partial charge in [-0.1, -0.05) is 29.3 Å².